The first-order chi connectivity index (χ1) is 12.6. The lowest BCUT2D eigenvalue weighted by Crippen LogP contribution is -2.40. The highest BCUT2D eigenvalue weighted by atomic mass is 16.5. The van der Waals surface area contributed by atoms with Crippen molar-refractivity contribution in [2.75, 3.05) is 11.9 Å². The van der Waals surface area contributed by atoms with Gasteiger partial charge in [-0.15, -0.1) is 0 Å². The highest BCUT2D eigenvalue weighted by Crippen LogP contribution is 2.27. The second-order valence-corrected chi connectivity index (χ2v) is 6.18. The standard InChI is InChI=1S/C18H17N3O5/c22-8-13(24)14-7-21-15(9-26-14)20-16-12(23)6-11(18(25)17(16)21)19-10-4-2-1-3-5-10/h1-6,13-14,19,22,24H,7-9H2/t13-,14+/m1/s1. The van der Waals surface area contributed by atoms with E-state index in [1.165, 1.54) is 6.08 Å². The number of ketones is 2. The zero-order chi connectivity index (χ0) is 18.3. The molecule has 2 heterocycles. The van der Waals surface area contributed by atoms with Crippen LogP contribution in [-0.2, 0) is 17.9 Å². The quantitative estimate of drug-likeness (QED) is 0.732. The van der Waals surface area contributed by atoms with Gasteiger partial charge in [0.25, 0.3) is 0 Å². The number of nitrogens with zero attached hydrogens (tertiary/aromatic N) is 2. The van der Waals surface area contributed by atoms with Crippen molar-refractivity contribution in [3.8, 4) is 0 Å². The van der Waals surface area contributed by atoms with Crippen LogP contribution in [0.5, 0.6) is 0 Å². The Morgan fingerprint density at radius 2 is 2.08 bits per heavy atom. The number of carbonyl (C=O) groups excluding carboxylic acids is 2. The summed E-state index contributed by atoms with van der Waals surface area (Å²) in [5.74, 6) is -0.256. The van der Waals surface area contributed by atoms with Crippen LogP contribution in [0.3, 0.4) is 0 Å². The average Bonchev–Trinajstić information content (AvgIpc) is 3.05. The van der Waals surface area contributed by atoms with Crippen LogP contribution < -0.4 is 5.32 Å². The third-order valence-electron chi connectivity index (χ3n) is 4.47. The van der Waals surface area contributed by atoms with Crippen LogP contribution >= 0.6 is 0 Å². The van der Waals surface area contributed by atoms with E-state index in [9.17, 15) is 14.7 Å². The number of para-hydroxylation sites is 1. The Labute approximate surface area is 148 Å². The highest BCUT2D eigenvalue weighted by Gasteiger charge is 2.36. The van der Waals surface area contributed by atoms with Crippen molar-refractivity contribution < 1.29 is 24.5 Å². The maximum Gasteiger partial charge on any atom is 0.228 e. The van der Waals surface area contributed by atoms with Gasteiger partial charge in [0, 0.05) is 11.8 Å². The Bertz CT molecular complexity index is 903. The van der Waals surface area contributed by atoms with E-state index in [0.29, 0.717) is 11.5 Å². The van der Waals surface area contributed by atoms with Gasteiger partial charge >= 0.3 is 0 Å². The molecule has 26 heavy (non-hydrogen) atoms. The van der Waals surface area contributed by atoms with E-state index in [-0.39, 0.29) is 41.8 Å². The van der Waals surface area contributed by atoms with Crippen LogP contribution in [0.2, 0.25) is 0 Å². The maximum atomic E-state index is 12.9. The lowest BCUT2D eigenvalue weighted by Gasteiger charge is -2.28. The number of allylic oxidation sites excluding steroid dienone is 2. The fourth-order valence-electron chi connectivity index (χ4n) is 3.13. The average molecular weight is 355 g/mol. The second-order valence-electron chi connectivity index (χ2n) is 6.18. The summed E-state index contributed by atoms with van der Waals surface area (Å²) in [5, 5.41) is 21.9. The molecule has 0 fully saturated rings. The molecule has 2 aromatic rings. The summed E-state index contributed by atoms with van der Waals surface area (Å²) in [6, 6.07) is 9.08. The number of aliphatic hydroxyl groups is 2. The molecule has 8 nitrogen and oxygen atoms in total. The smallest absolute Gasteiger partial charge is 0.228 e. The van der Waals surface area contributed by atoms with E-state index in [2.05, 4.69) is 10.3 Å². The van der Waals surface area contributed by atoms with Crippen LogP contribution in [0.15, 0.2) is 42.1 Å². The Hall–Kier alpha value is -2.81. The SMILES string of the molecule is O=C1C=C(Nc2ccccc2)C(=O)c2c1nc1n2C[C@@H]([C@H](O)CO)OC1. The predicted molar refractivity (Wildman–Crippen MR) is 90.7 cm³/mol. The van der Waals surface area contributed by atoms with E-state index < -0.39 is 18.8 Å². The topological polar surface area (TPSA) is 114 Å². The minimum absolute atomic E-state index is 0.0523. The van der Waals surface area contributed by atoms with Crippen molar-refractivity contribution in [2.24, 2.45) is 0 Å². The lowest BCUT2D eigenvalue weighted by atomic mass is 10.0. The number of carbonyl (C=O) groups is 2. The Balaban J connectivity index is 1.68. The third kappa shape index (κ3) is 2.74. The molecule has 0 saturated heterocycles. The number of nitrogens with one attached hydrogen (secondary N) is 1. The van der Waals surface area contributed by atoms with Crippen molar-refractivity contribution in [1.29, 1.82) is 0 Å². The molecule has 1 aliphatic heterocycles. The largest absolute Gasteiger partial charge is 0.394 e. The van der Waals surface area contributed by atoms with Gasteiger partial charge in [0.15, 0.2) is 0 Å². The van der Waals surface area contributed by atoms with Crippen LogP contribution in [0, 0.1) is 0 Å². The van der Waals surface area contributed by atoms with Crippen molar-refractivity contribution in [3.05, 3.63) is 59.3 Å². The minimum Gasteiger partial charge on any atom is -0.394 e. The van der Waals surface area contributed by atoms with Crippen LogP contribution in [0.1, 0.15) is 26.8 Å². The Kier molecular flexibility index (Phi) is 4.15. The number of Topliss-reactive ketones (excluding diaryl/α,β-unsaturated/α-hetero) is 1. The van der Waals surface area contributed by atoms with E-state index >= 15 is 0 Å². The summed E-state index contributed by atoms with van der Waals surface area (Å²) in [6.45, 7) is -0.266. The molecule has 0 unspecified atom stereocenters. The van der Waals surface area contributed by atoms with Crippen molar-refractivity contribution in [2.45, 2.75) is 25.4 Å². The number of fused-ring (bicyclic) bond motifs is 3. The molecule has 1 aliphatic carbocycles. The van der Waals surface area contributed by atoms with Crippen LogP contribution in [0.4, 0.5) is 5.69 Å². The molecule has 8 heteroatoms. The molecule has 0 bridgehead atoms. The fourth-order valence-corrected chi connectivity index (χ4v) is 3.13. The molecule has 1 aromatic heterocycles. The first-order valence-electron chi connectivity index (χ1n) is 8.21. The lowest BCUT2D eigenvalue weighted by molar-refractivity contribution is -0.0873. The number of ether oxygens (including phenoxy) is 1. The number of hydrogen-bond acceptors (Lipinski definition) is 7. The van der Waals surface area contributed by atoms with Gasteiger partial charge in [0.05, 0.1) is 18.8 Å². The van der Waals surface area contributed by atoms with Gasteiger partial charge in [-0.1, -0.05) is 18.2 Å². The summed E-state index contributed by atoms with van der Waals surface area (Å²) in [4.78, 5) is 29.6. The molecule has 0 spiro atoms. The number of aliphatic hydroxyl groups excluding tert-OH is 2. The molecule has 3 N–H and O–H groups in total. The monoisotopic (exact) mass is 355 g/mol. The second kappa shape index (κ2) is 6.49. The van der Waals surface area contributed by atoms with Gasteiger partial charge < -0.3 is 24.8 Å². The number of anilines is 1. The fraction of sp³-hybridized carbons (Fsp3) is 0.278. The van der Waals surface area contributed by atoms with E-state index in [4.69, 9.17) is 9.84 Å². The molecule has 134 valence electrons. The molecule has 2 atom stereocenters. The first kappa shape index (κ1) is 16.6. The molecule has 1 aromatic carbocycles. The zero-order valence-corrected chi connectivity index (χ0v) is 13.8. The summed E-state index contributed by atoms with van der Waals surface area (Å²) in [5.41, 5.74) is 1.14. The number of rotatable bonds is 4. The van der Waals surface area contributed by atoms with Gasteiger partial charge in [-0.05, 0) is 12.1 Å². The van der Waals surface area contributed by atoms with Gasteiger partial charge in [0.1, 0.15) is 36.0 Å². The summed E-state index contributed by atoms with van der Waals surface area (Å²) in [7, 11) is 0. The van der Waals surface area contributed by atoms with E-state index in [0.717, 1.165) is 0 Å². The predicted octanol–water partition coefficient (Wildman–Crippen LogP) is 0.510. The van der Waals surface area contributed by atoms with Gasteiger partial charge in [-0.25, -0.2) is 4.98 Å². The van der Waals surface area contributed by atoms with Crippen molar-refractivity contribution in [3.63, 3.8) is 0 Å². The molecular weight excluding hydrogens is 338 g/mol. The van der Waals surface area contributed by atoms with Crippen molar-refractivity contribution >= 4 is 17.3 Å². The maximum absolute atomic E-state index is 12.9. The Morgan fingerprint density at radius 1 is 1.31 bits per heavy atom. The summed E-state index contributed by atoms with van der Waals surface area (Å²) >= 11 is 0. The van der Waals surface area contributed by atoms with E-state index in [1.54, 1.807) is 16.7 Å². The highest BCUT2D eigenvalue weighted by molar-refractivity contribution is 6.24. The number of hydrogen-bond donors (Lipinski definition) is 3. The van der Waals surface area contributed by atoms with Gasteiger partial charge in [-0.3, -0.25) is 9.59 Å². The minimum atomic E-state index is -1.08. The van der Waals surface area contributed by atoms with Gasteiger partial charge in [-0.2, -0.15) is 0 Å². The van der Waals surface area contributed by atoms with E-state index in [1.807, 2.05) is 18.2 Å². The van der Waals surface area contributed by atoms with Crippen molar-refractivity contribution in [1.82, 2.24) is 9.55 Å². The number of benzene rings is 1. The molecule has 0 radical (unpaired) electrons. The summed E-state index contributed by atoms with van der Waals surface area (Å²) < 4.78 is 7.08. The normalized spacial score (nSPS) is 20.2. The zero-order valence-electron chi connectivity index (χ0n) is 13.8. The number of imidazole rings is 1. The van der Waals surface area contributed by atoms with Gasteiger partial charge in [0.2, 0.25) is 11.6 Å². The molecular formula is C18H17N3O5. The van der Waals surface area contributed by atoms with Crippen LogP contribution in [0.25, 0.3) is 0 Å². The first-order valence-corrected chi connectivity index (χ1v) is 8.21. The summed E-state index contributed by atoms with van der Waals surface area (Å²) in [6.07, 6.45) is -0.504. The Morgan fingerprint density at radius 3 is 2.81 bits per heavy atom. The third-order valence-corrected chi connectivity index (χ3v) is 4.47. The molecule has 0 amide bonds. The number of aromatic nitrogens is 2. The molecule has 2 aliphatic rings. The molecule has 0 saturated carbocycles. The molecule has 4 rings (SSSR count). The van der Waals surface area contributed by atoms with Crippen LogP contribution in [-0.4, -0.2) is 50.1 Å².